The molecule has 0 spiro atoms. The quantitative estimate of drug-likeness (QED) is 0.831. The van der Waals surface area contributed by atoms with Crippen LogP contribution in [0.1, 0.15) is 16.1 Å². The van der Waals surface area contributed by atoms with E-state index < -0.39 is 17.6 Å². The first-order valence-corrected chi connectivity index (χ1v) is 5.55. The number of halogens is 3. The van der Waals surface area contributed by atoms with Gasteiger partial charge >= 0.3 is 6.18 Å². The Labute approximate surface area is 112 Å². The number of aryl methyl sites for hydroxylation is 1. The predicted octanol–water partition coefficient (Wildman–Crippen LogP) is 2.27. The zero-order valence-corrected chi connectivity index (χ0v) is 10.4. The second kappa shape index (κ2) is 4.87. The van der Waals surface area contributed by atoms with Crippen molar-refractivity contribution in [1.29, 1.82) is 0 Å². The third-order valence-corrected chi connectivity index (χ3v) is 2.68. The summed E-state index contributed by atoms with van der Waals surface area (Å²) in [6.07, 6.45) is -3.04. The van der Waals surface area contributed by atoms with Crippen LogP contribution in [0.3, 0.4) is 0 Å². The molecule has 0 bridgehead atoms. The molecule has 1 aromatic carbocycles. The van der Waals surface area contributed by atoms with Crippen molar-refractivity contribution in [3.8, 4) is 0 Å². The van der Waals surface area contributed by atoms with E-state index in [2.05, 4.69) is 10.4 Å². The van der Waals surface area contributed by atoms with Crippen molar-refractivity contribution >= 4 is 17.3 Å². The highest BCUT2D eigenvalue weighted by molar-refractivity contribution is 6.04. The zero-order chi connectivity index (χ0) is 14.9. The summed E-state index contributed by atoms with van der Waals surface area (Å²) in [5.74, 6) is -0.503. The molecular formula is C12H11F3N4O. The predicted molar refractivity (Wildman–Crippen MR) is 67.0 cm³/mol. The summed E-state index contributed by atoms with van der Waals surface area (Å²) >= 11 is 0. The van der Waals surface area contributed by atoms with Crippen LogP contribution in [0.25, 0.3) is 0 Å². The van der Waals surface area contributed by atoms with E-state index in [-0.39, 0.29) is 17.1 Å². The molecule has 1 heterocycles. The largest absolute Gasteiger partial charge is 0.416 e. The van der Waals surface area contributed by atoms with Crippen LogP contribution in [0.2, 0.25) is 0 Å². The van der Waals surface area contributed by atoms with Gasteiger partial charge in [-0.05, 0) is 24.3 Å². The summed E-state index contributed by atoms with van der Waals surface area (Å²) in [5, 5.41) is 6.26. The minimum Gasteiger partial charge on any atom is -0.397 e. The van der Waals surface area contributed by atoms with Gasteiger partial charge in [0.25, 0.3) is 5.91 Å². The summed E-state index contributed by atoms with van der Waals surface area (Å²) in [5.41, 5.74) is 4.88. The maximum absolute atomic E-state index is 12.5. The molecule has 0 fully saturated rings. The van der Waals surface area contributed by atoms with E-state index in [0.717, 1.165) is 18.2 Å². The van der Waals surface area contributed by atoms with Crippen LogP contribution in [0.5, 0.6) is 0 Å². The van der Waals surface area contributed by atoms with E-state index in [9.17, 15) is 18.0 Å². The number of aromatic nitrogens is 2. The number of nitrogens with zero attached hydrogens (tertiary/aromatic N) is 2. The van der Waals surface area contributed by atoms with E-state index in [0.29, 0.717) is 0 Å². The van der Waals surface area contributed by atoms with Gasteiger partial charge in [-0.3, -0.25) is 9.48 Å². The molecule has 0 atom stereocenters. The average Bonchev–Trinajstić information content (AvgIpc) is 2.76. The van der Waals surface area contributed by atoms with Crippen molar-refractivity contribution < 1.29 is 18.0 Å². The molecular weight excluding hydrogens is 273 g/mol. The van der Waals surface area contributed by atoms with Crippen molar-refractivity contribution in [3.63, 3.8) is 0 Å². The molecule has 2 rings (SSSR count). The fourth-order valence-corrected chi connectivity index (χ4v) is 1.64. The minimum absolute atomic E-state index is 0.115. The van der Waals surface area contributed by atoms with Crippen LogP contribution in [0.4, 0.5) is 24.5 Å². The Balaban J connectivity index is 2.23. The Morgan fingerprint density at radius 3 is 2.55 bits per heavy atom. The van der Waals surface area contributed by atoms with E-state index >= 15 is 0 Å². The number of rotatable bonds is 2. The molecule has 0 aliphatic rings. The van der Waals surface area contributed by atoms with Gasteiger partial charge in [-0.25, -0.2) is 0 Å². The van der Waals surface area contributed by atoms with E-state index in [4.69, 9.17) is 5.73 Å². The zero-order valence-electron chi connectivity index (χ0n) is 10.4. The van der Waals surface area contributed by atoms with Crippen LogP contribution in [0, 0.1) is 0 Å². The number of hydrogen-bond acceptors (Lipinski definition) is 3. The molecule has 20 heavy (non-hydrogen) atoms. The van der Waals surface area contributed by atoms with Crippen molar-refractivity contribution in [1.82, 2.24) is 9.78 Å². The number of anilines is 2. The summed E-state index contributed by atoms with van der Waals surface area (Å²) in [6, 6.07) is 4.23. The second-order valence-corrected chi connectivity index (χ2v) is 4.09. The Hall–Kier alpha value is -2.51. The highest BCUT2D eigenvalue weighted by Crippen LogP contribution is 2.32. The molecule has 5 nitrogen and oxygen atoms in total. The number of nitrogen functional groups attached to an aromatic ring is 1. The van der Waals surface area contributed by atoms with Crippen LogP contribution in [0.15, 0.2) is 30.5 Å². The summed E-state index contributed by atoms with van der Waals surface area (Å²) in [6.45, 7) is 0. The highest BCUT2D eigenvalue weighted by Gasteiger charge is 2.30. The van der Waals surface area contributed by atoms with Gasteiger partial charge in [0.1, 0.15) is 5.69 Å². The van der Waals surface area contributed by atoms with Crippen molar-refractivity contribution in [2.45, 2.75) is 6.18 Å². The molecule has 0 aliphatic heterocycles. The number of alkyl halides is 3. The lowest BCUT2D eigenvalue weighted by atomic mass is 10.1. The van der Waals surface area contributed by atoms with Crippen LogP contribution in [-0.2, 0) is 13.2 Å². The monoisotopic (exact) mass is 284 g/mol. The van der Waals surface area contributed by atoms with Gasteiger partial charge in [0, 0.05) is 13.2 Å². The average molecular weight is 284 g/mol. The smallest absolute Gasteiger partial charge is 0.397 e. The Morgan fingerprint density at radius 1 is 1.35 bits per heavy atom. The lowest BCUT2D eigenvalue weighted by molar-refractivity contribution is -0.137. The maximum Gasteiger partial charge on any atom is 0.416 e. The first-order valence-electron chi connectivity index (χ1n) is 5.55. The Bertz CT molecular complexity index is 648. The molecule has 0 saturated heterocycles. The van der Waals surface area contributed by atoms with Gasteiger partial charge in [0.2, 0.25) is 0 Å². The molecule has 0 radical (unpaired) electrons. The van der Waals surface area contributed by atoms with E-state index in [1.54, 1.807) is 7.05 Å². The highest BCUT2D eigenvalue weighted by atomic mass is 19.4. The standard InChI is InChI=1S/C12H11F3N4O/c1-19-10(4-5-17-19)11(20)18-9-3-2-7(6-8(9)16)12(13,14)15/h2-6H,16H2,1H3,(H,18,20). The molecule has 2 aromatic rings. The van der Waals surface area contributed by atoms with Gasteiger partial charge in [-0.1, -0.05) is 0 Å². The normalized spacial score (nSPS) is 11.4. The summed E-state index contributed by atoms with van der Waals surface area (Å²) in [4.78, 5) is 11.9. The summed E-state index contributed by atoms with van der Waals surface area (Å²) < 4.78 is 38.8. The number of amides is 1. The molecule has 1 aromatic heterocycles. The first-order chi connectivity index (χ1) is 9.29. The van der Waals surface area contributed by atoms with E-state index in [1.165, 1.54) is 16.9 Å². The molecule has 1 amide bonds. The topological polar surface area (TPSA) is 72.9 Å². The molecule has 3 N–H and O–H groups in total. The van der Waals surface area contributed by atoms with Gasteiger partial charge in [-0.2, -0.15) is 18.3 Å². The number of nitrogens with one attached hydrogen (secondary N) is 1. The van der Waals surface area contributed by atoms with Gasteiger partial charge in [0.15, 0.2) is 0 Å². The second-order valence-electron chi connectivity index (χ2n) is 4.09. The van der Waals surface area contributed by atoms with E-state index in [1.807, 2.05) is 0 Å². The number of nitrogens with two attached hydrogens (primary N) is 1. The third-order valence-electron chi connectivity index (χ3n) is 2.68. The molecule has 8 heteroatoms. The molecule has 0 unspecified atom stereocenters. The van der Waals surface area contributed by atoms with Gasteiger partial charge in [0.05, 0.1) is 16.9 Å². The van der Waals surface area contributed by atoms with Crippen LogP contribution < -0.4 is 11.1 Å². The molecule has 0 aliphatic carbocycles. The van der Waals surface area contributed by atoms with Crippen LogP contribution in [-0.4, -0.2) is 15.7 Å². The number of carbonyl (C=O) groups excluding carboxylic acids is 1. The van der Waals surface area contributed by atoms with Crippen molar-refractivity contribution in [3.05, 3.63) is 41.7 Å². The fraction of sp³-hybridized carbons (Fsp3) is 0.167. The number of hydrogen-bond donors (Lipinski definition) is 2. The van der Waals surface area contributed by atoms with Gasteiger partial charge in [-0.15, -0.1) is 0 Å². The molecule has 106 valence electrons. The third kappa shape index (κ3) is 2.73. The van der Waals surface area contributed by atoms with Crippen LogP contribution >= 0.6 is 0 Å². The van der Waals surface area contributed by atoms with Crippen molar-refractivity contribution in [2.75, 3.05) is 11.1 Å². The fourth-order valence-electron chi connectivity index (χ4n) is 1.64. The summed E-state index contributed by atoms with van der Waals surface area (Å²) in [7, 11) is 1.57. The SMILES string of the molecule is Cn1nccc1C(=O)Nc1ccc(C(F)(F)F)cc1N. The maximum atomic E-state index is 12.5. The minimum atomic E-state index is -4.47. The first kappa shape index (κ1) is 13.9. The molecule has 0 saturated carbocycles. The Kier molecular flexibility index (Phi) is 3.39. The van der Waals surface area contributed by atoms with Crippen molar-refractivity contribution in [2.24, 2.45) is 7.05 Å². The lowest BCUT2D eigenvalue weighted by Gasteiger charge is -2.11. The Morgan fingerprint density at radius 2 is 2.05 bits per heavy atom. The number of carbonyl (C=O) groups is 1. The van der Waals surface area contributed by atoms with Gasteiger partial charge < -0.3 is 11.1 Å². The number of benzene rings is 1. The lowest BCUT2D eigenvalue weighted by Crippen LogP contribution is -2.17.